The smallest absolute Gasteiger partial charge is 0.124 e. The topological polar surface area (TPSA) is 51.8 Å². The molecule has 1 heterocycles. The largest absolute Gasteiger partial charge is 0.326 e. The van der Waals surface area contributed by atoms with Gasteiger partial charge < -0.3 is 5.73 Å². The normalized spacial score (nSPS) is 11.0. The van der Waals surface area contributed by atoms with Gasteiger partial charge in [-0.25, -0.2) is 0 Å². The fraction of sp³-hybridized carbons (Fsp3) is 0.600. The van der Waals surface area contributed by atoms with Gasteiger partial charge in [0, 0.05) is 17.4 Å². The molecule has 0 saturated carbocycles. The lowest BCUT2D eigenvalue weighted by molar-refractivity contribution is 0.822. The maximum absolute atomic E-state index is 5.71. The predicted octanol–water partition coefficient (Wildman–Crippen LogP) is 2.05. The van der Waals surface area contributed by atoms with Crippen molar-refractivity contribution in [3.63, 3.8) is 0 Å². The maximum Gasteiger partial charge on any atom is 0.124 e. The molecule has 0 saturated heterocycles. The summed E-state index contributed by atoms with van der Waals surface area (Å²) in [5.74, 6) is 0. The Hall–Kier alpha value is -0.610. The molecule has 0 aromatic carbocycles. The summed E-state index contributed by atoms with van der Waals surface area (Å²) in [7, 11) is 0. The quantitative estimate of drug-likeness (QED) is 0.777. The maximum atomic E-state index is 5.71. The molecule has 4 heteroatoms. The van der Waals surface area contributed by atoms with E-state index in [0.29, 0.717) is 11.8 Å². The molecule has 0 aliphatic heterocycles. The van der Waals surface area contributed by atoms with Crippen molar-refractivity contribution in [3.05, 3.63) is 16.8 Å². The van der Waals surface area contributed by atoms with Crippen LogP contribution in [0.2, 0.25) is 0 Å². The van der Waals surface area contributed by atoms with Crippen molar-refractivity contribution >= 4 is 11.8 Å². The van der Waals surface area contributed by atoms with Gasteiger partial charge in [-0.2, -0.15) is 5.10 Å². The number of rotatable bonds is 3. The Kier molecular flexibility index (Phi) is 3.89. The average molecular weight is 211 g/mol. The summed E-state index contributed by atoms with van der Waals surface area (Å²) in [6, 6.07) is 0. The molecular formula is C10H17N3S. The summed E-state index contributed by atoms with van der Waals surface area (Å²) in [6.45, 7) is 8.84. The SMILES string of the molecule is Cc1nnc(SC(C)C)c(CN)c1C. The highest BCUT2D eigenvalue weighted by molar-refractivity contribution is 7.99. The van der Waals surface area contributed by atoms with E-state index in [1.165, 1.54) is 5.56 Å². The van der Waals surface area contributed by atoms with Crippen LogP contribution < -0.4 is 5.73 Å². The van der Waals surface area contributed by atoms with E-state index >= 15 is 0 Å². The molecule has 1 rings (SSSR count). The van der Waals surface area contributed by atoms with Crippen molar-refractivity contribution < 1.29 is 0 Å². The third-order valence-electron chi connectivity index (χ3n) is 2.10. The first kappa shape index (κ1) is 11.5. The van der Waals surface area contributed by atoms with E-state index in [1.54, 1.807) is 11.8 Å². The van der Waals surface area contributed by atoms with Crippen molar-refractivity contribution in [2.75, 3.05) is 0 Å². The van der Waals surface area contributed by atoms with Gasteiger partial charge in [0.2, 0.25) is 0 Å². The van der Waals surface area contributed by atoms with Gasteiger partial charge in [0.15, 0.2) is 0 Å². The highest BCUT2D eigenvalue weighted by atomic mass is 32.2. The number of nitrogens with zero attached hydrogens (tertiary/aromatic N) is 2. The molecule has 0 bridgehead atoms. The van der Waals surface area contributed by atoms with Crippen LogP contribution in [0.25, 0.3) is 0 Å². The standard InChI is InChI=1S/C10H17N3S/c1-6(2)14-10-9(5-11)7(3)8(4)12-13-10/h6H,5,11H2,1-4H3. The van der Waals surface area contributed by atoms with Crippen LogP contribution in [0.15, 0.2) is 5.03 Å². The van der Waals surface area contributed by atoms with Crippen LogP contribution in [-0.4, -0.2) is 15.4 Å². The van der Waals surface area contributed by atoms with Gasteiger partial charge in [-0.3, -0.25) is 0 Å². The third-order valence-corrected chi connectivity index (χ3v) is 3.12. The minimum Gasteiger partial charge on any atom is -0.326 e. The average Bonchev–Trinajstić information content (AvgIpc) is 2.11. The van der Waals surface area contributed by atoms with Crippen molar-refractivity contribution in [3.8, 4) is 0 Å². The Morgan fingerprint density at radius 2 is 1.93 bits per heavy atom. The van der Waals surface area contributed by atoms with Gasteiger partial charge in [-0.05, 0) is 19.4 Å². The van der Waals surface area contributed by atoms with Crippen LogP contribution in [0.4, 0.5) is 0 Å². The second-order valence-corrected chi connectivity index (χ2v) is 5.13. The number of thioether (sulfide) groups is 1. The molecule has 1 aromatic heterocycles. The lowest BCUT2D eigenvalue weighted by atomic mass is 10.1. The Morgan fingerprint density at radius 1 is 1.29 bits per heavy atom. The minimum atomic E-state index is 0.511. The molecule has 0 amide bonds. The number of hydrogen-bond acceptors (Lipinski definition) is 4. The van der Waals surface area contributed by atoms with Gasteiger partial charge in [-0.15, -0.1) is 16.9 Å². The summed E-state index contributed by atoms with van der Waals surface area (Å²) in [5, 5.41) is 9.79. The molecule has 78 valence electrons. The molecule has 0 atom stereocenters. The molecule has 0 fully saturated rings. The highest BCUT2D eigenvalue weighted by Gasteiger charge is 2.11. The number of aryl methyl sites for hydroxylation is 1. The molecule has 2 N–H and O–H groups in total. The number of nitrogens with two attached hydrogens (primary N) is 1. The van der Waals surface area contributed by atoms with E-state index in [9.17, 15) is 0 Å². The molecule has 0 radical (unpaired) electrons. The van der Waals surface area contributed by atoms with E-state index in [-0.39, 0.29) is 0 Å². The summed E-state index contributed by atoms with van der Waals surface area (Å²) in [6.07, 6.45) is 0. The minimum absolute atomic E-state index is 0.511. The zero-order chi connectivity index (χ0) is 10.7. The second-order valence-electron chi connectivity index (χ2n) is 3.56. The van der Waals surface area contributed by atoms with Crippen molar-refractivity contribution in [2.24, 2.45) is 5.73 Å². The van der Waals surface area contributed by atoms with Gasteiger partial charge in [0.05, 0.1) is 5.69 Å². The Bertz CT molecular complexity index is 323. The molecular weight excluding hydrogens is 194 g/mol. The monoisotopic (exact) mass is 211 g/mol. The van der Waals surface area contributed by atoms with Crippen LogP contribution >= 0.6 is 11.8 Å². The third kappa shape index (κ3) is 2.45. The summed E-state index contributed by atoms with van der Waals surface area (Å²) >= 11 is 1.72. The van der Waals surface area contributed by atoms with Crippen molar-refractivity contribution in [2.45, 2.75) is 44.5 Å². The van der Waals surface area contributed by atoms with Crippen LogP contribution in [0.3, 0.4) is 0 Å². The number of aromatic nitrogens is 2. The molecule has 3 nitrogen and oxygen atoms in total. The Balaban J connectivity index is 3.10. The first-order valence-electron chi connectivity index (χ1n) is 4.75. The van der Waals surface area contributed by atoms with Crippen LogP contribution in [0.1, 0.15) is 30.7 Å². The lowest BCUT2D eigenvalue weighted by Crippen LogP contribution is -2.07. The van der Waals surface area contributed by atoms with Crippen molar-refractivity contribution in [1.29, 1.82) is 0 Å². The zero-order valence-electron chi connectivity index (χ0n) is 9.16. The van der Waals surface area contributed by atoms with E-state index < -0.39 is 0 Å². The molecule has 14 heavy (non-hydrogen) atoms. The molecule has 0 unspecified atom stereocenters. The molecule has 0 aliphatic carbocycles. The van der Waals surface area contributed by atoms with Crippen LogP contribution in [-0.2, 0) is 6.54 Å². The van der Waals surface area contributed by atoms with Gasteiger partial charge in [-0.1, -0.05) is 13.8 Å². The van der Waals surface area contributed by atoms with Crippen molar-refractivity contribution in [1.82, 2.24) is 10.2 Å². The molecule has 1 aromatic rings. The second kappa shape index (κ2) is 4.75. The fourth-order valence-corrected chi connectivity index (χ4v) is 2.11. The molecule has 0 aliphatic rings. The van der Waals surface area contributed by atoms with Gasteiger partial charge in [0.1, 0.15) is 5.03 Å². The fourth-order valence-electron chi connectivity index (χ4n) is 1.19. The first-order valence-corrected chi connectivity index (χ1v) is 5.63. The van der Waals surface area contributed by atoms with E-state index in [2.05, 4.69) is 31.0 Å². The predicted molar refractivity (Wildman–Crippen MR) is 60.4 cm³/mol. The van der Waals surface area contributed by atoms with E-state index in [1.807, 2.05) is 6.92 Å². The number of hydrogen-bond donors (Lipinski definition) is 1. The Labute approximate surface area is 89.5 Å². The highest BCUT2D eigenvalue weighted by Crippen LogP contribution is 2.26. The van der Waals surface area contributed by atoms with E-state index in [0.717, 1.165) is 16.3 Å². The molecule has 0 spiro atoms. The van der Waals surface area contributed by atoms with E-state index in [4.69, 9.17) is 5.73 Å². The summed E-state index contributed by atoms with van der Waals surface area (Å²) in [4.78, 5) is 0. The van der Waals surface area contributed by atoms with Gasteiger partial charge in [0.25, 0.3) is 0 Å². The zero-order valence-corrected chi connectivity index (χ0v) is 9.98. The van der Waals surface area contributed by atoms with Crippen LogP contribution in [0.5, 0.6) is 0 Å². The van der Waals surface area contributed by atoms with Gasteiger partial charge >= 0.3 is 0 Å². The van der Waals surface area contributed by atoms with Crippen LogP contribution in [0, 0.1) is 13.8 Å². The Morgan fingerprint density at radius 3 is 2.43 bits per heavy atom. The first-order chi connectivity index (χ1) is 6.56. The summed E-state index contributed by atoms with van der Waals surface area (Å²) < 4.78 is 0. The lowest BCUT2D eigenvalue weighted by Gasteiger charge is -2.11. The summed E-state index contributed by atoms with van der Waals surface area (Å²) in [5.41, 5.74) is 8.99.